The molecule has 1 fully saturated rings. The molecule has 17 heavy (non-hydrogen) atoms. The van der Waals surface area contributed by atoms with Crippen LogP contribution in [0.2, 0.25) is 0 Å². The Morgan fingerprint density at radius 2 is 2.18 bits per heavy atom. The van der Waals surface area contributed by atoms with Crippen molar-refractivity contribution in [2.75, 3.05) is 19.7 Å². The van der Waals surface area contributed by atoms with Gasteiger partial charge in [-0.2, -0.15) is 0 Å². The zero-order valence-corrected chi connectivity index (χ0v) is 9.76. The summed E-state index contributed by atoms with van der Waals surface area (Å²) in [5.74, 6) is 0.247. The minimum Gasteiger partial charge on any atom is -0.434 e. The van der Waals surface area contributed by atoms with Gasteiger partial charge in [-0.05, 0) is 6.42 Å². The topological polar surface area (TPSA) is 55.8 Å². The zero-order valence-electron chi connectivity index (χ0n) is 9.76. The van der Waals surface area contributed by atoms with Crippen molar-refractivity contribution in [2.45, 2.75) is 12.8 Å². The van der Waals surface area contributed by atoms with Crippen molar-refractivity contribution >= 4 is 12.1 Å². The Bertz CT molecular complexity index is 314. The van der Waals surface area contributed by atoms with Gasteiger partial charge in [0.2, 0.25) is 5.91 Å². The van der Waals surface area contributed by atoms with Crippen molar-refractivity contribution in [3.05, 3.63) is 25.5 Å². The first-order chi connectivity index (χ1) is 8.17. The van der Waals surface area contributed by atoms with Gasteiger partial charge in [-0.1, -0.05) is 12.7 Å². The molecule has 5 nitrogen and oxygen atoms in total. The van der Waals surface area contributed by atoms with Crippen LogP contribution in [-0.4, -0.2) is 36.7 Å². The maximum Gasteiger partial charge on any atom is 0.513 e. The second kappa shape index (κ2) is 6.73. The van der Waals surface area contributed by atoms with Crippen LogP contribution in [0.4, 0.5) is 4.79 Å². The Labute approximate surface area is 101 Å². The molecular weight excluding hydrogens is 222 g/mol. The van der Waals surface area contributed by atoms with Crippen LogP contribution in [-0.2, 0) is 14.3 Å². The first-order valence-corrected chi connectivity index (χ1v) is 5.50. The SMILES string of the molecule is C=CCC(=O)N1CCC(COC(=O)OC=C)C1. The van der Waals surface area contributed by atoms with E-state index in [0.717, 1.165) is 12.7 Å². The quantitative estimate of drug-likeness (QED) is 0.416. The number of ether oxygens (including phenoxy) is 2. The van der Waals surface area contributed by atoms with Crippen LogP contribution < -0.4 is 0 Å². The summed E-state index contributed by atoms with van der Waals surface area (Å²) in [7, 11) is 0. The van der Waals surface area contributed by atoms with Crippen molar-refractivity contribution in [2.24, 2.45) is 5.92 Å². The fraction of sp³-hybridized carbons (Fsp3) is 0.500. The van der Waals surface area contributed by atoms with Crippen LogP contribution in [0.1, 0.15) is 12.8 Å². The lowest BCUT2D eigenvalue weighted by atomic mass is 10.1. The summed E-state index contributed by atoms with van der Waals surface area (Å²) in [5, 5.41) is 0. The summed E-state index contributed by atoms with van der Waals surface area (Å²) in [6, 6.07) is 0. The number of hydrogen-bond acceptors (Lipinski definition) is 4. The Kier molecular flexibility index (Phi) is 5.26. The molecule has 1 aliphatic heterocycles. The van der Waals surface area contributed by atoms with Gasteiger partial charge in [-0.15, -0.1) is 6.58 Å². The summed E-state index contributed by atoms with van der Waals surface area (Å²) in [5.41, 5.74) is 0. The van der Waals surface area contributed by atoms with E-state index < -0.39 is 6.16 Å². The van der Waals surface area contributed by atoms with Crippen LogP contribution in [0.5, 0.6) is 0 Å². The van der Waals surface area contributed by atoms with Crippen molar-refractivity contribution in [1.29, 1.82) is 0 Å². The Morgan fingerprint density at radius 3 is 2.82 bits per heavy atom. The van der Waals surface area contributed by atoms with Gasteiger partial charge in [0.25, 0.3) is 0 Å². The van der Waals surface area contributed by atoms with Crippen LogP contribution in [0.3, 0.4) is 0 Å². The largest absolute Gasteiger partial charge is 0.513 e. The summed E-state index contributed by atoms with van der Waals surface area (Å²) >= 11 is 0. The van der Waals surface area contributed by atoms with E-state index in [2.05, 4.69) is 17.9 Å². The van der Waals surface area contributed by atoms with E-state index >= 15 is 0 Å². The number of carbonyl (C=O) groups excluding carboxylic acids is 2. The maximum absolute atomic E-state index is 11.5. The number of likely N-dealkylation sites (tertiary alicyclic amines) is 1. The third-order valence-corrected chi connectivity index (χ3v) is 2.57. The molecule has 0 aromatic carbocycles. The van der Waals surface area contributed by atoms with E-state index in [1.165, 1.54) is 0 Å². The molecule has 1 saturated heterocycles. The highest BCUT2D eigenvalue weighted by Gasteiger charge is 2.26. The Morgan fingerprint density at radius 1 is 1.41 bits per heavy atom. The summed E-state index contributed by atoms with van der Waals surface area (Å²) in [6.45, 7) is 8.37. The molecule has 0 aromatic heterocycles. The smallest absolute Gasteiger partial charge is 0.434 e. The highest BCUT2D eigenvalue weighted by molar-refractivity contribution is 5.77. The van der Waals surface area contributed by atoms with Gasteiger partial charge >= 0.3 is 6.16 Å². The van der Waals surface area contributed by atoms with Crippen LogP contribution >= 0.6 is 0 Å². The van der Waals surface area contributed by atoms with Crippen molar-refractivity contribution in [3.8, 4) is 0 Å². The highest BCUT2D eigenvalue weighted by Crippen LogP contribution is 2.17. The molecule has 1 amide bonds. The molecule has 1 atom stereocenters. The fourth-order valence-corrected chi connectivity index (χ4v) is 1.74. The minimum atomic E-state index is -0.754. The molecule has 1 aliphatic rings. The molecule has 1 rings (SSSR count). The Balaban J connectivity index is 2.26. The number of hydrogen-bond donors (Lipinski definition) is 0. The van der Waals surface area contributed by atoms with Crippen molar-refractivity contribution in [3.63, 3.8) is 0 Å². The third-order valence-electron chi connectivity index (χ3n) is 2.57. The third kappa shape index (κ3) is 4.30. The van der Waals surface area contributed by atoms with E-state index in [1.807, 2.05) is 0 Å². The molecule has 0 saturated carbocycles. The summed E-state index contributed by atoms with van der Waals surface area (Å²) in [4.78, 5) is 24.2. The minimum absolute atomic E-state index is 0.0659. The lowest BCUT2D eigenvalue weighted by Gasteiger charge is -2.15. The maximum atomic E-state index is 11.5. The molecule has 94 valence electrons. The monoisotopic (exact) mass is 239 g/mol. The van der Waals surface area contributed by atoms with Crippen LogP contribution in [0.25, 0.3) is 0 Å². The van der Waals surface area contributed by atoms with Gasteiger partial charge in [-0.3, -0.25) is 4.79 Å². The predicted octanol–water partition coefficient (Wildman–Crippen LogP) is 1.71. The summed E-state index contributed by atoms with van der Waals surface area (Å²) < 4.78 is 9.29. The second-order valence-corrected chi connectivity index (χ2v) is 3.83. The standard InChI is InChI=1S/C12H17NO4/c1-3-5-11(14)13-7-6-10(8-13)9-17-12(15)16-4-2/h3-4,10H,1-2,5-9H2. The van der Waals surface area contributed by atoms with Crippen molar-refractivity contribution in [1.82, 2.24) is 4.90 Å². The summed E-state index contributed by atoms with van der Waals surface area (Å²) in [6.07, 6.45) is 3.05. The lowest BCUT2D eigenvalue weighted by Crippen LogP contribution is -2.28. The molecule has 0 spiro atoms. The molecule has 0 N–H and O–H groups in total. The zero-order chi connectivity index (χ0) is 12.7. The van der Waals surface area contributed by atoms with Gasteiger partial charge in [0, 0.05) is 25.4 Å². The highest BCUT2D eigenvalue weighted by atomic mass is 16.7. The van der Waals surface area contributed by atoms with Gasteiger partial charge in [0.15, 0.2) is 0 Å². The number of amides is 1. The van der Waals surface area contributed by atoms with E-state index in [-0.39, 0.29) is 18.4 Å². The normalized spacial score (nSPS) is 18.6. The van der Waals surface area contributed by atoms with Gasteiger partial charge < -0.3 is 14.4 Å². The van der Waals surface area contributed by atoms with Gasteiger partial charge in [-0.25, -0.2) is 4.79 Å². The average molecular weight is 239 g/mol. The first-order valence-electron chi connectivity index (χ1n) is 5.50. The molecule has 1 heterocycles. The fourth-order valence-electron chi connectivity index (χ4n) is 1.74. The molecule has 5 heteroatoms. The van der Waals surface area contributed by atoms with Gasteiger partial charge in [0.05, 0.1) is 12.9 Å². The van der Waals surface area contributed by atoms with E-state index in [0.29, 0.717) is 19.5 Å². The second-order valence-electron chi connectivity index (χ2n) is 3.83. The molecule has 0 aliphatic carbocycles. The molecule has 1 unspecified atom stereocenters. The van der Waals surface area contributed by atoms with E-state index in [9.17, 15) is 9.59 Å². The van der Waals surface area contributed by atoms with Gasteiger partial charge in [0.1, 0.15) is 0 Å². The predicted molar refractivity (Wildman–Crippen MR) is 62.1 cm³/mol. The number of carbonyl (C=O) groups is 2. The first kappa shape index (κ1) is 13.3. The number of nitrogens with zero attached hydrogens (tertiary/aromatic N) is 1. The average Bonchev–Trinajstić information content (AvgIpc) is 2.76. The van der Waals surface area contributed by atoms with Crippen LogP contribution in [0, 0.1) is 5.92 Å². The Hall–Kier alpha value is -1.78. The molecule has 0 bridgehead atoms. The van der Waals surface area contributed by atoms with E-state index in [4.69, 9.17) is 4.74 Å². The molecular formula is C12H17NO4. The molecule has 0 aromatic rings. The number of rotatable bonds is 5. The van der Waals surface area contributed by atoms with E-state index in [1.54, 1.807) is 11.0 Å². The molecule has 0 radical (unpaired) electrons. The van der Waals surface area contributed by atoms with Crippen molar-refractivity contribution < 1.29 is 19.1 Å². The lowest BCUT2D eigenvalue weighted by molar-refractivity contribution is -0.129. The van der Waals surface area contributed by atoms with Crippen LogP contribution in [0.15, 0.2) is 25.5 Å².